The van der Waals surface area contributed by atoms with Crippen LogP contribution in [0.25, 0.3) is 0 Å². The summed E-state index contributed by atoms with van der Waals surface area (Å²) in [7, 11) is 1.69. The lowest BCUT2D eigenvalue weighted by atomic mass is 9.90. The largest absolute Gasteiger partial charge is 0.497 e. The van der Waals surface area contributed by atoms with E-state index in [4.69, 9.17) is 9.15 Å². The first kappa shape index (κ1) is 19.9. The van der Waals surface area contributed by atoms with E-state index in [0.29, 0.717) is 30.6 Å². The summed E-state index contributed by atoms with van der Waals surface area (Å²) in [6, 6.07) is 8.21. The van der Waals surface area contributed by atoms with Gasteiger partial charge in [0.05, 0.1) is 19.8 Å². The van der Waals surface area contributed by atoms with Crippen molar-refractivity contribution in [2.75, 3.05) is 33.3 Å². The zero-order valence-corrected chi connectivity index (χ0v) is 16.9. The van der Waals surface area contributed by atoms with Gasteiger partial charge in [-0.2, -0.15) is 0 Å². The second-order valence-corrected chi connectivity index (χ2v) is 8.10. The van der Waals surface area contributed by atoms with Crippen molar-refractivity contribution in [1.29, 1.82) is 0 Å². The van der Waals surface area contributed by atoms with Gasteiger partial charge >= 0.3 is 0 Å². The van der Waals surface area contributed by atoms with E-state index in [-0.39, 0.29) is 12.0 Å². The fourth-order valence-electron chi connectivity index (χ4n) is 4.26. The van der Waals surface area contributed by atoms with Crippen LogP contribution in [0, 0.1) is 5.92 Å². The molecule has 1 amide bonds. The minimum Gasteiger partial charge on any atom is -0.497 e. The van der Waals surface area contributed by atoms with E-state index in [9.17, 15) is 9.90 Å². The highest BCUT2D eigenvalue weighted by molar-refractivity contribution is 5.92. The predicted octanol–water partition coefficient (Wildman–Crippen LogP) is 2.34. The first-order valence-electron chi connectivity index (χ1n) is 10.4. The molecule has 2 aliphatic heterocycles. The summed E-state index contributed by atoms with van der Waals surface area (Å²) in [5, 5.41) is 9.62. The summed E-state index contributed by atoms with van der Waals surface area (Å²) in [6.45, 7) is 3.48. The first-order valence-corrected chi connectivity index (χ1v) is 10.4. The molecule has 0 saturated carbocycles. The van der Waals surface area contributed by atoms with Gasteiger partial charge in [-0.15, -0.1) is 0 Å². The van der Waals surface area contributed by atoms with E-state index in [1.54, 1.807) is 7.11 Å². The van der Waals surface area contributed by atoms with Gasteiger partial charge in [0.25, 0.3) is 5.91 Å². The lowest BCUT2D eigenvalue weighted by Crippen LogP contribution is -2.39. The molecule has 156 valence electrons. The Hall–Kier alpha value is -2.38. The normalized spacial score (nSPS) is 20.9. The van der Waals surface area contributed by atoms with Crippen LogP contribution in [0.1, 0.15) is 41.2 Å². The van der Waals surface area contributed by atoms with Crippen molar-refractivity contribution in [3.63, 3.8) is 0 Å². The number of amides is 1. The Balaban J connectivity index is 1.27. The fraction of sp³-hybridized carbons (Fsp3) is 0.545. The molecule has 7 heteroatoms. The van der Waals surface area contributed by atoms with Gasteiger partial charge in [0.1, 0.15) is 12.0 Å². The van der Waals surface area contributed by atoms with E-state index in [0.717, 1.165) is 51.1 Å². The van der Waals surface area contributed by atoms with Crippen molar-refractivity contribution in [1.82, 2.24) is 14.8 Å². The maximum absolute atomic E-state index is 12.8. The molecule has 29 heavy (non-hydrogen) atoms. The number of benzene rings is 1. The molecule has 1 aromatic heterocycles. The number of piperidine rings is 1. The van der Waals surface area contributed by atoms with Crippen LogP contribution in [0.2, 0.25) is 0 Å². The molecule has 0 spiro atoms. The highest BCUT2D eigenvalue weighted by atomic mass is 16.5. The standard InChI is InChI=1S/C22H29N3O4/c1-28-19-4-2-3-17(12-19)11-16-5-9-25(10-6-16)22(27)20-15-29-21(23-20)14-24-8-7-18(26)13-24/h2-4,12,15-16,18,26H,5-11,13-14H2,1H3/t18-/m0/s1. The van der Waals surface area contributed by atoms with Crippen molar-refractivity contribution in [3.05, 3.63) is 47.7 Å². The molecule has 2 saturated heterocycles. The van der Waals surface area contributed by atoms with Gasteiger partial charge in [0.15, 0.2) is 5.69 Å². The van der Waals surface area contributed by atoms with Gasteiger partial charge in [-0.05, 0) is 49.3 Å². The quantitative estimate of drug-likeness (QED) is 0.803. The molecule has 1 aromatic carbocycles. The number of hydrogen-bond donors (Lipinski definition) is 1. The van der Waals surface area contributed by atoms with Crippen LogP contribution < -0.4 is 4.74 Å². The summed E-state index contributed by atoms with van der Waals surface area (Å²) in [4.78, 5) is 21.1. The molecule has 7 nitrogen and oxygen atoms in total. The number of likely N-dealkylation sites (tertiary alicyclic amines) is 2. The van der Waals surface area contributed by atoms with Crippen LogP contribution in [0.3, 0.4) is 0 Å². The number of oxazole rings is 1. The van der Waals surface area contributed by atoms with Crippen molar-refractivity contribution in [3.8, 4) is 5.75 Å². The van der Waals surface area contributed by atoms with Gasteiger partial charge in [-0.3, -0.25) is 9.69 Å². The topological polar surface area (TPSA) is 79.0 Å². The molecular formula is C22H29N3O4. The lowest BCUT2D eigenvalue weighted by molar-refractivity contribution is 0.0684. The van der Waals surface area contributed by atoms with Crippen LogP contribution in [-0.2, 0) is 13.0 Å². The van der Waals surface area contributed by atoms with Gasteiger partial charge < -0.3 is 19.2 Å². The van der Waals surface area contributed by atoms with Crippen molar-refractivity contribution in [2.45, 2.75) is 38.3 Å². The van der Waals surface area contributed by atoms with E-state index in [1.807, 2.05) is 17.0 Å². The fourth-order valence-corrected chi connectivity index (χ4v) is 4.26. The number of carbonyl (C=O) groups excluding carboxylic acids is 1. The van der Waals surface area contributed by atoms with Crippen molar-refractivity contribution >= 4 is 5.91 Å². The molecule has 3 heterocycles. The Kier molecular flexibility index (Phi) is 6.16. The number of rotatable bonds is 6. The van der Waals surface area contributed by atoms with E-state index in [2.05, 4.69) is 22.0 Å². The Morgan fingerprint density at radius 1 is 1.28 bits per heavy atom. The molecule has 0 radical (unpaired) electrons. The van der Waals surface area contributed by atoms with Gasteiger partial charge in [-0.1, -0.05) is 12.1 Å². The molecule has 2 aliphatic rings. The number of β-amino-alcohol motifs (C(OH)–C–C–N with tert-alkyl or cyclic N) is 1. The number of carbonyl (C=O) groups is 1. The third-order valence-corrected chi connectivity index (χ3v) is 5.94. The molecular weight excluding hydrogens is 370 g/mol. The van der Waals surface area contributed by atoms with Gasteiger partial charge in [0.2, 0.25) is 5.89 Å². The molecule has 0 unspecified atom stereocenters. The summed E-state index contributed by atoms with van der Waals surface area (Å²) in [5.41, 5.74) is 1.66. The van der Waals surface area contributed by atoms with Crippen molar-refractivity contribution in [2.24, 2.45) is 5.92 Å². The Bertz CT molecular complexity index is 829. The molecule has 4 rings (SSSR count). The summed E-state index contributed by atoms with van der Waals surface area (Å²) >= 11 is 0. The number of aliphatic hydroxyl groups is 1. The van der Waals surface area contributed by atoms with Crippen LogP contribution in [-0.4, -0.2) is 65.2 Å². The second-order valence-electron chi connectivity index (χ2n) is 8.10. The highest BCUT2D eigenvalue weighted by Gasteiger charge is 2.27. The smallest absolute Gasteiger partial charge is 0.275 e. The van der Waals surface area contributed by atoms with Gasteiger partial charge in [0, 0.05) is 26.2 Å². The first-order chi connectivity index (χ1) is 14.1. The summed E-state index contributed by atoms with van der Waals surface area (Å²) in [6.07, 6.45) is 4.95. The minimum absolute atomic E-state index is 0.0544. The average molecular weight is 399 g/mol. The zero-order chi connectivity index (χ0) is 20.2. The third-order valence-electron chi connectivity index (χ3n) is 5.94. The second kappa shape index (κ2) is 8.97. The number of nitrogens with zero attached hydrogens (tertiary/aromatic N) is 3. The average Bonchev–Trinajstić information content (AvgIpc) is 3.37. The molecule has 2 aromatic rings. The van der Waals surface area contributed by atoms with Crippen LogP contribution in [0.15, 0.2) is 34.9 Å². The van der Waals surface area contributed by atoms with Crippen LogP contribution in [0.4, 0.5) is 0 Å². The molecule has 1 atom stereocenters. The summed E-state index contributed by atoms with van der Waals surface area (Å²) in [5.74, 6) is 1.94. The zero-order valence-electron chi connectivity index (χ0n) is 16.9. The molecule has 0 aliphatic carbocycles. The number of methoxy groups -OCH3 is 1. The Morgan fingerprint density at radius 2 is 2.10 bits per heavy atom. The number of hydrogen-bond acceptors (Lipinski definition) is 6. The minimum atomic E-state index is -0.274. The third kappa shape index (κ3) is 4.97. The molecule has 2 fully saturated rings. The highest BCUT2D eigenvalue weighted by Crippen LogP contribution is 2.24. The molecule has 0 bridgehead atoms. The maximum atomic E-state index is 12.8. The maximum Gasteiger partial charge on any atom is 0.275 e. The Morgan fingerprint density at radius 3 is 2.83 bits per heavy atom. The Labute approximate surface area is 171 Å². The number of aromatic nitrogens is 1. The van der Waals surface area contributed by atoms with Crippen LogP contribution >= 0.6 is 0 Å². The van der Waals surface area contributed by atoms with E-state index in [1.165, 1.54) is 11.8 Å². The lowest BCUT2D eigenvalue weighted by Gasteiger charge is -2.31. The van der Waals surface area contributed by atoms with Crippen LogP contribution in [0.5, 0.6) is 5.75 Å². The van der Waals surface area contributed by atoms with E-state index < -0.39 is 0 Å². The predicted molar refractivity (Wildman–Crippen MR) is 108 cm³/mol. The number of aliphatic hydroxyl groups excluding tert-OH is 1. The molecule has 1 N–H and O–H groups in total. The van der Waals surface area contributed by atoms with Gasteiger partial charge in [-0.25, -0.2) is 4.98 Å². The van der Waals surface area contributed by atoms with Crippen molar-refractivity contribution < 1.29 is 19.1 Å². The monoisotopic (exact) mass is 399 g/mol. The number of ether oxygens (including phenoxy) is 1. The summed E-state index contributed by atoms with van der Waals surface area (Å²) < 4.78 is 10.8. The van der Waals surface area contributed by atoms with E-state index >= 15 is 0 Å². The SMILES string of the molecule is COc1cccc(CC2CCN(C(=O)c3coc(CN4CC[C@H](O)C4)n3)CC2)c1.